The molecule has 3 aromatic rings. The lowest BCUT2D eigenvalue weighted by molar-refractivity contribution is 0.269. The molecule has 0 bridgehead atoms. The van der Waals surface area contributed by atoms with Gasteiger partial charge in [-0.15, -0.1) is 0 Å². The van der Waals surface area contributed by atoms with Crippen LogP contribution in [0, 0.1) is 4.77 Å². The monoisotopic (exact) mass is 452 g/mol. The van der Waals surface area contributed by atoms with E-state index in [2.05, 4.69) is 15.6 Å². The molecule has 0 spiro atoms. The van der Waals surface area contributed by atoms with Crippen LogP contribution in [0.3, 0.4) is 0 Å². The van der Waals surface area contributed by atoms with Crippen LogP contribution in [0.15, 0.2) is 36.4 Å². The van der Waals surface area contributed by atoms with Crippen LogP contribution in [-0.2, 0) is 19.6 Å². The molecule has 2 N–H and O–H groups in total. The molecule has 1 heterocycles. The summed E-state index contributed by atoms with van der Waals surface area (Å²) in [6.45, 7) is 5.42. The van der Waals surface area contributed by atoms with Crippen molar-refractivity contribution in [2.24, 2.45) is 0 Å². The van der Waals surface area contributed by atoms with Gasteiger partial charge >= 0.3 is 0 Å². The maximum atomic E-state index is 6.07. The zero-order chi connectivity index (χ0) is 20.8. The van der Waals surface area contributed by atoms with E-state index in [0.29, 0.717) is 46.1 Å². The number of hydrogen-bond acceptors (Lipinski definition) is 5. The van der Waals surface area contributed by atoms with Crippen molar-refractivity contribution in [3.05, 3.63) is 68.2 Å². The molecule has 0 atom stereocenters. The van der Waals surface area contributed by atoms with E-state index < -0.39 is 0 Å². The Balaban J connectivity index is 1.71. The highest BCUT2D eigenvalue weighted by Gasteiger charge is 2.09. The van der Waals surface area contributed by atoms with E-state index in [4.69, 9.17) is 44.9 Å². The molecule has 0 saturated heterocycles. The largest absolute Gasteiger partial charge is 0.490 e. The number of ether oxygens (including phenoxy) is 2. The van der Waals surface area contributed by atoms with Crippen molar-refractivity contribution < 1.29 is 9.47 Å². The van der Waals surface area contributed by atoms with Crippen molar-refractivity contribution in [2.75, 3.05) is 12.0 Å². The number of aromatic nitrogens is 3. The minimum atomic E-state index is 0.360. The lowest BCUT2D eigenvalue weighted by Gasteiger charge is -2.15. The average Bonchev–Trinajstić information content (AvgIpc) is 3.08. The molecule has 0 amide bonds. The molecule has 0 fully saturated rings. The van der Waals surface area contributed by atoms with Crippen molar-refractivity contribution in [3.63, 3.8) is 0 Å². The van der Waals surface area contributed by atoms with Crippen molar-refractivity contribution in [3.8, 4) is 11.5 Å². The third-order valence-corrected chi connectivity index (χ3v) is 5.20. The van der Waals surface area contributed by atoms with Gasteiger partial charge < -0.3 is 14.9 Å². The smallest absolute Gasteiger partial charge is 0.214 e. The predicted molar refractivity (Wildman–Crippen MR) is 118 cm³/mol. The number of benzene rings is 2. The molecule has 2 aromatic carbocycles. The maximum absolute atomic E-state index is 6.07. The van der Waals surface area contributed by atoms with Crippen molar-refractivity contribution in [2.45, 2.75) is 33.4 Å². The third-order valence-electron chi connectivity index (χ3n) is 4.19. The van der Waals surface area contributed by atoms with Gasteiger partial charge in [-0.1, -0.05) is 42.3 Å². The highest BCUT2D eigenvalue weighted by Crippen LogP contribution is 2.30. The summed E-state index contributed by atoms with van der Waals surface area (Å²) in [7, 11) is 0. The van der Waals surface area contributed by atoms with Gasteiger partial charge in [0.05, 0.1) is 23.2 Å². The topological polar surface area (TPSA) is 64.1 Å². The Morgan fingerprint density at radius 1 is 1.03 bits per heavy atom. The SMILES string of the molecule is CCOc1cc(CNn2c(CC)n[nH]c2=S)ccc1OCc1ccc(Cl)c(Cl)c1. The first-order chi connectivity index (χ1) is 14.0. The van der Waals surface area contributed by atoms with Gasteiger partial charge in [-0.2, -0.15) is 5.10 Å². The normalized spacial score (nSPS) is 10.8. The van der Waals surface area contributed by atoms with Crippen LogP contribution in [0.5, 0.6) is 11.5 Å². The Morgan fingerprint density at radius 2 is 1.83 bits per heavy atom. The minimum absolute atomic E-state index is 0.360. The Morgan fingerprint density at radius 3 is 2.55 bits per heavy atom. The highest BCUT2D eigenvalue weighted by molar-refractivity contribution is 7.71. The molecular formula is C20H22Cl2N4O2S. The van der Waals surface area contributed by atoms with E-state index in [9.17, 15) is 0 Å². The van der Waals surface area contributed by atoms with Crippen LogP contribution in [0.2, 0.25) is 10.0 Å². The summed E-state index contributed by atoms with van der Waals surface area (Å²) in [5.74, 6) is 2.19. The molecule has 3 rings (SSSR count). The fourth-order valence-electron chi connectivity index (χ4n) is 2.74. The van der Waals surface area contributed by atoms with Crippen LogP contribution in [0.1, 0.15) is 30.8 Å². The van der Waals surface area contributed by atoms with E-state index in [1.54, 1.807) is 16.8 Å². The molecule has 6 nitrogen and oxygen atoms in total. The Kier molecular flexibility index (Phi) is 7.41. The van der Waals surface area contributed by atoms with E-state index in [1.807, 2.05) is 38.1 Å². The molecular weight excluding hydrogens is 431 g/mol. The van der Waals surface area contributed by atoms with Gasteiger partial charge in [-0.3, -0.25) is 5.10 Å². The highest BCUT2D eigenvalue weighted by atomic mass is 35.5. The van der Waals surface area contributed by atoms with Crippen molar-refractivity contribution >= 4 is 35.4 Å². The molecule has 0 aliphatic heterocycles. The van der Waals surface area contributed by atoms with Crippen molar-refractivity contribution in [1.82, 2.24) is 14.9 Å². The van der Waals surface area contributed by atoms with Gasteiger partial charge in [0.25, 0.3) is 0 Å². The van der Waals surface area contributed by atoms with Gasteiger partial charge in [0.2, 0.25) is 4.77 Å². The van der Waals surface area contributed by atoms with Gasteiger partial charge in [-0.05, 0) is 54.5 Å². The quantitative estimate of drug-likeness (QED) is 0.417. The van der Waals surface area contributed by atoms with Gasteiger partial charge in [0.1, 0.15) is 6.61 Å². The number of aromatic amines is 1. The first-order valence-electron chi connectivity index (χ1n) is 9.24. The van der Waals surface area contributed by atoms with Crippen LogP contribution >= 0.6 is 35.4 Å². The number of aryl methyl sites for hydroxylation is 1. The van der Waals surface area contributed by atoms with Crippen molar-refractivity contribution in [1.29, 1.82) is 0 Å². The predicted octanol–water partition coefficient (Wildman–Crippen LogP) is 5.53. The first kappa shape index (κ1) is 21.5. The van der Waals surface area contributed by atoms with Crippen LogP contribution in [0.4, 0.5) is 0 Å². The van der Waals surface area contributed by atoms with E-state index in [0.717, 1.165) is 23.4 Å². The number of halogens is 2. The zero-order valence-electron chi connectivity index (χ0n) is 16.2. The summed E-state index contributed by atoms with van der Waals surface area (Å²) in [4.78, 5) is 0. The fourth-order valence-corrected chi connectivity index (χ4v) is 3.28. The second kappa shape index (κ2) is 10.0. The van der Waals surface area contributed by atoms with Gasteiger partial charge in [0.15, 0.2) is 17.3 Å². The number of hydrogen-bond donors (Lipinski definition) is 2. The lowest BCUT2D eigenvalue weighted by atomic mass is 10.2. The van der Waals surface area contributed by atoms with Crippen LogP contribution < -0.4 is 14.9 Å². The second-order valence-corrected chi connectivity index (χ2v) is 7.42. The average molecular weight is 453 g/mol. The number of nitrogens with one attached hydrogen (secondary N) is 2. The summed E-state index contributed by atoms with van der Waals surface area (Å²) >= 11 is 17.3. The van der Waals surface area contributed by atoms with E-state index in [1.165, 1.54) is 0 Å². The second-order valence-electron chi connectivity index (χ2n) is 6.22. The molecule has 154 valence electrons. The minimum Gasteiger partial charge on any atom is -0.490 e. The maximum Gasteiger partial charge on any atom is 0.214 e. The van der Waals surface area contributed by atoms with E-state index in [-0.39, 0.29) is 0 Å². The number of rotatable bonds is 9. The molecule has 29 heavy (non-hydrogen) atoms. The Labute approximate surface area is 184 Å². The summed E-state index contributed by atoms with van der Waals surface area (Å²) in [5.41, 5.74) is 5.24. The standard InChI is InChI=1S/C20H22Cl2N4O2S/c1-3-19-24-25-20(29)26(19)23-11-13-6-8-17(18(10-13)27-4-2)28-12-14-5-7-15(21)16(22)9-14/h5-10,23H,3-4,11-12H2,1-2H3,(H,25,29). The lowest BCUT2D eigenvalue weighted by Crippen LogP contribution is -2.17. The third kappa shape index (κ3) is 5.44. The molecule has 9 heteroatoms. The molecule has 0 unspecified atom stereocenters. The molecule has 0 aliphatic carbocycles. The summed E-state index contributed by atoms with van der Waals surface area (Å²) in [5, 5.41) is 8.01. The summed E-state index contributed by atoms with van der Waals surface area (Å²) < 4.78 is 14.0. The molecule has 0 saturated carbocycles. The number of nitrogens with zero attached hydrogens (tertiary/aromatic N) is 2. The first-order valence-corrected chi connectivity index (χ1v) is 10.4. The van der Waals surface area contributed by atoms with Crippen LogP contribution in [0.25, 0.3) is 0 Å². The van der Waals surface area contributed by atoms with Crippen LogP contribution in [-0.4, -0.2) is 21.5 Å². The summed E-state index contributed by atoms with van der Waals surface area (Å²) in [6.07, 6.45) is 0.770. The Bertz CT molecular complexity index is 1040. The fraction of sp³-hybridized carbons (Fsp3) is 0.300. The molecule has 1 aromatic heterocycles. The van der Waals surface area contributed by atoms with E-state index >= 15 is 0 Å². The summed E-state index contributed by atoms with van der Waals surface area (Å²) in [6, 6.07) is 11.3. The zero-order valence-corrected chi connectivity index (χ0v) is 18.5. The van der Waals surface area contributed by atoms with Gasteiger partial charge in [-0.25, -0.2) is 4.68 Å². The molecule has 0 aliphatic rings. The molecule has 0 radical (unpaired) electrons. The Hall–Kier alpha value is -2.22. The van der Waals surface area contributed by atoms with Gasteiger partial charge in [0, 0.05) is 6.42 Å². The number of H-pyrrole nitrogens is 1.